The van der Waals surface area contributed by atoms with E-state index in [1.807, 2.05) is 24.3 Å². The lowest BCUT2D eigenvalue weighted by atomic mass is 10.1. The first-order valence-corrected chi connectivity index (χ1v) is 8.18. The third-order valence-electron chi connectivity index (χ3n) is 3.18. The molecule has 0 saturated heterocycles. The molecule has 0 amide bonds. The largest absolute Gasteiger partial charge is 0.481 e. The number of aliphatic carboxylic acids is 1. The molecule has 0 unspecified atom stereocenters. The fourth-order valence-corrected chi connectivity index (χ4v) is 3.58. The van der Waals surface area contributed by atoms with Crippen molar-refractivity contribution in [2.75, 3.05) is 0 Å². The van der Waals surface area contributed by atoms with E-state index in [0.717, 1.165) is 20.0 Å². The maximum absolute atomic E-state index is 12.0. The summed E-state index contributed by atoms with van der Waals surface area (Å²) in [6.07, 6.45) is -0.173. The Kier molecular flexibility index (Phi) is 4.22. The highest BCUT2D eigenvalue weighted by Gasteiger charge is 2.20. The van der Waals surface area contributed by atoms with E-state index >= 15 is 0 Å². The lowest BCUT2D eigenvalue weighted by Gasteiger charge is -2.20. The number of benzene rings is 2. The number of fused-ring (bicyclic) bond motifs is 2. The Balaban J connectivity index is 1.84. The van der Waals surface area contributed by atoms with Gasteiger partial charge in [-0.25, -0.2) is 0 Å². The van der Waals surface area contributed by atoms with E-state index in [0.29, 0.717) is 11.3 Å². The van der Waals surface area contributed by atoms with Crippen LogP contribution in [0.25, 0.3) is 0 Å². The molecular weight excluding hydrogens is 368 g/mol. The maximum Gasteiger partial charge on any atom is 0.303 e. The molecule has 3 rings (SSSR count). The van der Waals surface area contributed by atoms with Gasteiger partial charge in [0.05, 0.1) is 16.2 Å². The molecule has 1 aliphatic rings. The van der Waals surface area contributed by atoms with E-state index in [2.05, 4.69) is 15.9 Å². The summed E-state index contributed by atoms with van der Waals surface area (Å²) in [5, 5.41) is 8.65. The first kappa shape index (κ1) is 15.1. The Morgan fingerprint density at radius 3 is 2.64 bits per heavy atom. The van der Waals surface area contributed by atoms with Gasteiger partial charge in [-0.3, -0.25) is 9.59 Å². The van der Waals surface area contributed by atoms with Crippen molar-refractivity contribution in [2.24, 2.45) is 0 Å². The smallest absolute Gasteiger partial charge is 0.303 e. The van der Waals surface area contributed by atoms with Gasteiger partial charge in [0.25, 0.3) is 0 Å². The lowest BCUT2D eigenvalue weighted by molar-refractivity contribution is -0.136. The number of carboxylic acids is 1. The van der Waals surface area contributed by atoms with Gasteiger partial charge in [0.2, 0.25) is 0 Å². The first-order valence-electron chi connectivity index (χ1n) is 6.57. The quantitative estimate of drug-likeness (QED) is 0.663. The van der Waals surface area contributed by atoms with Crippen LogP contribution in [-0.4, -0.2) is 16.9 Å². The molecule has 0 radical (unpaired) electrons. The highest BCUT2D eigenvalue weighted by molar-refractivity contribution is 9.10. The van der Waals surface area contributed by atoms with Gasteiger partial charge in [0, 0.05) is 16.5 Å². The molecule has 0 saturated carbocycles. The fraction of sp³-hybridized carbons (Fsp3) is 0.125. The molecule has 6 heteroatoms. The second kappa shape index (κ2) is 6.14. The summed E-state index contributed by atoms with van der Waals surface area (Å²) >= 11 is 5.00. The van der Waals surface area contributed by atoms with Gasteiger partial charge in [0.1, 0.15) is 11.5 Å². The zero-order valence-electron chi connectivity index (χ0n) is 11.3. The van der Waals surface area contributed by atoms with Crippen LogP contribution in [0.1, 0.15) is 23.2 Å². The fourth-order valence-electron chi connectivity index (χ4n) is 2.09. The number of Topliss-reactive ketones (excluding diaryl/α,β-unsaturated/α-hetero) is 1. The van der Waals surface area contributed by atoms with Gasteiger partial charge in [-0.2, -0.15) is 0 Å². The zero-order valence-corrected chi connectivity index (χ0v) is 13.7. The van der Waals surface area contributed by atoms with Gasteiger partial charge < -0.3 is 9.84 Å². The van der Waals surface area contributed by atoms with Crippen LogP contribution in [0.15, 0.2) is 50.7 Å². The Bertz CT molecular complexity index is 773. The van der Waals surface area contributed by atoms with Crippen LogP contribution in [0.4, 0.5) is 0 Å². The minimum Gasteiger partial charge on any atom is -0.481 e. The van der Waals surface area contributed by atoms with Crippen molar-refractivity contribution >= 4 is 39.4 Å². The predicted octanol–water partition coefficient (Wildman–Crippen LogP) is 4.75. The van der Waals surface area contributed by atoms with E-state index in [1.165, 1.54) is 0 Å². The van der Waals surface area contributed by atoms with Crippen molar-refractivity contribution in [1.82, 2.24) is 0 Å². The standard InChI is InChI=1S/C16H11BrO4S/c17-10-2-4-12-15(8-10)22-14-5-1-9(7-13(14)21-12)11(18)3-6-16(19)20/h1-2,4-5,7-8H,3,6H2,(H,19,20). The third-order valence-corrected chi connectivity index (χ3v) is 4.77. The number of rotatable bonds is 4. The molecule has 0 aromatic heterocycles. The van der Waals surface area contributed by atoms with E-state index in [-0.39, 0.29) is 18.6 Å². The van der Waals surface area contributed by atoms with E-state index in [9.17, 15) is 9.59 Å². The summed E-state index contributed by atoms with van der Waals surface area (Å²) in [5.41, 5.74) is 0.473. The van der Waals surface area contributed by atoms with E-state index < -0.39 is 5.97 Å². The summed E-state index contributed by atoms with van der Waals surface area (Å²) < 4.78 is 6.82. The number of ether oxygens (including phenoxy) is 1. The molecule has 2 aromatic rings. The van der Waals surface area contributed by atoms with Crippen LogP contribution in [0.3, 0.4) is 0 Å². The Hall–Kier alpha value is -1.79. The van der Waals surface area contributed by atoms with Crippen LogP contribution in [0, 0.1) is 0 Å². The minimum atomic E-state index is -0.974. The van der Waals surface area contributed by atoms with Crippen LogP contribution < -0.4 is 4.74 Å². The predicted molar refractivity (Wildman–Crippen MR) is 86.0 cm³/mol. The molecule has 0 spiro atoms. The molecule has 0 bridgehead atoms. The molecular formula is C16H11BrO4S. The molecule has 0 fully saturated rings. The van der Waals surface area contributed by atoms with Crippen LogP contribution in [0.2, 0.25) is 0 Å². The van der Waals surface area contributed by atoms with Crippen LogP contribution in [-0.2, 0) is 4.79 Å². The second-order valence-corrected chi connectivity index (χ2v) is 6.77. The van der Waals surface area contributed by atoms with Crippen LogP contribution in [0.5, 0.6) is 11.5 Å². The molecule has 2 aromatic carbocycles. The molecule has 112 valence electrons. The molecule has 1 aliphatic heterocycles. The SMILES string of the molecule is O=C(O)CCC(=O)c1ccc2c(c1)Oc1ccc(Br)cc1S2. The highest BCUT2D eigenvalue weighted by Crippen LogP contribution is 2.47. The van der Waals surface area contributed by atoms with E-state index in [4.69, 9.17) is 9.84 Å². The van der Waals surface area contributed by atoms with Crippen molar-refractivity contribution < 1.29 is 19.4 Å². The molecule has 0 aliphatic carbocycles. The van der Waals surface area contributed by atoms with Crippen molar-refractivity contribution in [3.63, 3.8) is 0 Å². The molecule has 1 heterocycles. The summed E-state index contributed by atoms with van der Waals surface area (Å²) in [6.45, 7) is 0. The monoisotopic (exact) mass is 378 g/mol. The Morgan fingerprint density at radius 1 is 1.05 bits per heavy atom. The number of hydrogen-bond acceptors (Lipinski definition) is 4. The number of hydrogen-bond donors (Lipinski definition) is 1. The number of ketones is 1. The average molecular weight is 379 g/mol. The first-order chi connectivity index (χ1) is 10.5. The molecule has 4 nitrogen and oxygen atoms in total. The van der Waals surface area contributed by atoms with Crippen molar-refractivity contribution in [3.8, 4) is 11.5 Å². The summed E-state index contributed by atoms with van der Waals surface area (Å²) in [7, 11) is 0. The minimum absolute atomic E-state index is 0.00913. The Labute approximate surface area is 139 Å². The van der Waals surface area contributed by atoms with Gasteiger partial charge in [-0.15, -0.1) is 0 Å². The summed E-state index contributed by atoms with van der Waals surface area (Å²) in [6, 6.07) is 11.0. The zero-order chi connectivity index (χ0) is 15.7. The number of halogens is 1. The topological polar surface area (TPSA) is 63.6 Å². The van der Waals surface area contributed by atoms with Crippen molar-refractivity contribution in [2.45, 2.75) is 22.6 Å². The summed E-state index contributed by atoms with van der Waals surface area (Å²) in [5.74, 6) is 0.204. The Morgan fingerprint density at radius 2 is 1.86 bits per heavy atom. The number of carboxylic acid groups (broad SMARTS) is 1. The summed E-state index contributed by atoms with van der Waals surface area (Å²) in [4.78, 5) is 24.5. The van der Waals surface area contributed by atoms with Gasteiger partial charge in [0.15, 0.2) is 5.78 Å². The van der Waals surface area contributed by atoms with E-state index in [1.54, 1.807) is 23.9 Å². The second-order valence-electron chi connectivity index (χ2n) is 4.77. The highest BCUT2D eigenvalue weighted by atomic mass is 79.9. The van der Waals surface area contributed by atoms with Crippen molar-refractivity contribution in [1.29, 1.82) is 0 Å². The lowest BCUT2D eigenvalue weighted by Crippen LogP contribution is -2.05. The van der Waals surface area contributed by atoms with Gasteiger partial charge in [-0.1, -0.05) is 33.8 Å². The maximum atomic E-state index is 12.0. The van der Waals surface area contributed by atoms with Crippen LogP contribution >= 0.6 is 27.7 Å². The number of carbonyl (C=O) groups excluding carboxylic acids is 1. The third kappa shape index (κ3) is 3.18. The molecule has 22 heavy (non-hydrogen) atoms. The normalized spacial score (nSPS) is 12.0. The average Bonchev–Trinajstić information content (AvgIpc) is 2.50. The molecule has 1 N–H and O–H groups in total. The van der Waals surface area contributed by atoms with Gasteiger partial charge >= 0.3 is 5.97 Å². The number of carbonyl (C=O) groups is 2. The van der Waals surface area contributed by atoms with Crippen molar-refractivity contribution in [3.05, 3.63) is 46.4 Å². The van der Waals surface area contributed by atoms with Gasteiger partial charge in [-0.05, 0) is 30.3 Å². The molecule has 0 atom stereocenters.